The lowest BCUT2D eigenvalue weighted by molar-refractivity contribution is 0.0989. The Hall–Kier alpha value is -2.60. The van der Waals surface area contributed by atoms with Crippen molar-refractivity contribution in [2.45, 2.75) is 24.3 Å². The third-order valence-corrected chi connectivity index (χ3v) is 4.78. The van der Waals surface area contributed by atoms with Crippen molar-refractivity contribution in [3.8, 4) is 0 Å². The summed E-state index contributed by atoms with van der Waals surface area (Å²) in [7, 11) is 0. The van der Waals surface area contributed by atoms with Crippen molar-refractivity contribution >= 4 is 23.5 Å². The number of H-pyrrole nitrogens is 1. The highest BCUT2D eigenvalue weighted by molar-refractivity contribution is 8.00. The zero-order chi connectivity index (χ0) is 17.1. The Labute approximate surface area is 144 Å². The van der Waals surface area contributed by atoms with Crippen LogP contribution in [0.2, 0.25) is 0 Å². The van der Waals surface area contributed by atoms with Crippen molar-refractivity contribution in [1.82, 2.24) is 15.2 Å². The summed E-state index contributed by atoms with van der Waals surface area (Å²) in [6.45, 7) is 4.01. The van der Waals surface area contributed by atoms with Crippen molar-refractivity contribution in [1.29, 1.82) is 0 Å². The number of nitrogens with two attached hydrogens (primary N) is 1. The number of carbonyl (C=O) groups is 1. The number of thioether (sulfide) groups is 1. The van der Waals surface area contributed by atoms with Crippen molar-refractivity contribution in [3.63, 3.8) is 0 Å². The van der Waals surface area contributed by atoms with Crippen LogP contribution in [0, 0.1) is 13.8 Å². The van der Waals surface area contributed by atoms with Crippen LogP contribution in [0.5, 0.6) is 0 Å². The standard InChI is InChI=1S/C18H18N4OS/c1-11-3-7-13(8-4-11)15(23)16(14-9-5-12(2)6-10-14)24-18-20-17(19)21-22-18/h3-10,16H,1-2H3,(H3,19,20,21,22)/t16-/m1/s1. The molecule has 6 heteroatoms. The lowest BCUT2D eigenvalue weighted by Crippen LogP contribution is -2.10. The van der Waals surface area contributed by atoms with E-state index in [0.717, 1.165) is 16.7 Å². The topological polar surface area (TPSA) is 84.7 Å². The predicted molar refractivity (Wildman–Crippen MR) is 96.1 cm³/mol. The Kier molecular flexibility index (Phi) is 4.66. The molecule has 3 N–H and O–H groups in total. The number of nitrogen functional groups attached to an aromatic ring is 1. The molecule has 0 saturated carbocycles. The highest BCUT2D eigenvalue weighted by Gasteiger charge is 2.25. The van der Waals surface area contributed by atoms with Crippen LogP contribution in [0.25, 0.3) is 0 Å². The molecule has 0 amide bonds. The number of carbonyl (C=O) groups excluding carboxylic acids is 1. The van der Waals surface area contributed by atoms with Crippen molar-refractivity contribution in [2.75, 3.05) is 5.73 Å². The van der Waals surface area contributed by atoms with E-state index in [1.807, 2.05) is 62.4 Å². The molecule has 0 aliphatic carbocycles. The zero-order valence-electron chi connectivity index (χ0n) is 13.5. The molecule has 0 spiro atoms. The smallest absolute Gasteiger partial charge is 0.216 e. The molecule has 3 aromatic rings. The molecule has 0 aliphatic heterocycles. The zero-order valence-corrected chi connectivity index (χ0v) is 14.3. The van der Waals surface area contributed by atoms with Gasteiger partial charge in [0.15, 0.2) is 5.78 Å². The first kappa shape index (κ1) is 16.3. The molecule has 0 saturated heterocycles. The molecular weight excluding hydrogens is 320 g/mol. The van der Waals surface area contributed by atoms with Gasteiger partial charge in [0.2, 0.25) is 11.1 Å². The van der Waals surface area contributed by atoms with Crippen LogP contribution in [0.3, 0.4) is 0 Å². The highest BCUT2D eigenvalue weighted by atomic mass is 32.2. The van der Waals surface area contributed by atoms with Crippen LogP contribution in [0.15, 0.2) is 53.7 Å². The molecule has 0 unspecified atom stereocenters. The summed E-state index contributed by atoms with van der Waals surface area (Å²) in [5.74, 6) is 0.259. The molecule has 5 nitrogen and oxygen atoms in total. The fourth-order valence-corrected chi connectivity index (χ4v) is 3.30. The van der Waals surface area contributed by atoms with Gasteiger partial charge in [0.1, 0.15) is 5.25 Å². The van der Waals surface area contributed by atoms with Gasteiger partial charge in [-0.3, -0.25) is 4.79 Å². The van der Waals surface area contributed by atoms with Gasteiger partial charge in [-0.25, -0.2) is 5.10 Å². The van der Waals surface area contributed by atoms with E-state index in [2.05, 4.69) is 15.2 Å². The Bertz CT molecular complexity index is 840. The number of hydrogen-bond acceptors (Lipinski definition) is 5. The average Bonchev–Trinajstić information content (AvgIpc) is 2.99. The molecule has 1 atom stereocenters. The SMILES string of the molecule is Cc1ccc(C(=O)[C@H](Sc2n[nH]c(N)n2)c2ccc(C)cc2)cc1. The molecule has 1 heterocycles. The van der Waals surface area contributed by atoms with Gasteiger partial charge in [-0.2, -0.15) is 4.98 Å². The van der Waals surface area contributed by atoms with E-state index in [0.29, 0.717) is 10.7 Å². The maximum atomic E-state index is 13.0. The van der Waals surface area contributed by atoms with Crippen LogP contribution in [0.4, 0.5) is 5.95 Å². The Morgan fingerprint density at radius 2 is 1.62 bits per heavy atom. The third-order valence-electron chi connectivity index (χ3n) is 3.66. The fraction of sp³-hybridized carbons (Fsp3) is 0.167. The summed E-state index contributed by atoms with van der Waals surface area (Å²) in [5, 5.41) is 6.67. The minimum absolute atomic E-state index is 0.0206. The number of aryl methyl sites for hydroxylation is 2. The van der Waals surface area contributed by atoms with Gasteiger partial charge in [-0.05, 0) is 19.4 Å². The minimum Gasteiger partial charge on any atom is -0.368 e. The molecular formula is C18H18N4OS. The van der Waals surface area contributed by atoms with E-state index >= 15 is 0 Å². The number of aromatic amines is 1. The number of hydrogen-bond donors (Lipinski definition) is 2. The van der Waals surface area contributed by atoms with E-state index in [4.69, 9.17) is 5.73 Å². The van der Waals surface area contributed by atoms with Gasteiger partial charge < -0.3 is 5.73 Å². The average molecular weight is 338 g/mol. The second-order valence-electron chi connectivity index (χ2n) is 5.64. The number of nitrogens with zero attached hydrogens (tertiary/aromatic N) is 2. The van der Waals surface area contributed by atoms with E-state index in [1.54, 1.807) is 0 Å². The quantitative estimate of drug-likeness (QED) is 0.547. The summed E-state index contributed by atoms with van der Waals surface area (Å²) in [6, 6.07) is 15.5. The number of anilines is 1. The molecule has 24 heavy (non-hydrogen) atoms. The van der Waals surface area contributed by atoms with Crippen molar-refractivity contribution < 1.29 is 4.79 Å². The van der Waals surface area contributed by atoms with Crippen LogP contribution in [-0.2, 0) is 0 Å². The van der Waals surface area contributed by atoms with Crippen molar-refractivity contribution in [3.05, 3.63) is 70.8 Å². The number of ketones is 1. The van der Waals surface area contributed by atoms with Gasteiger partial charge >= 0.3 is 0 Å². The largest absolute Gasteiger partial charge is 0.368 e. The van der Waals surface area contributed by atoms with Gasteiger partial charge in [0.25, 0.3) is 0 Å². The van der Waals surface area contributed by atoms with Gasteiger partial charge in [0, 0.05) is 5.56 Å². The summed E-state index contributed by atoms with van der Waals surface area (Å²) in [5.41, 5.74) is 9.44. The van der Waals surface area contributed by atoms with Gasteiger partial charge in [-0.1, -0.05) is 71.4 Å². The number of benzene rings is 2. The number of rotatable bonds is 5. The lowest BCUT2D eigenvalue weighted by Gasteiger charge is -2.15. The molecule has 0 radical (unpaired) electrons. The molecule has 2 aromatic carbocycles. The molecule has 0 bridgehead atoms. The number of aromatic nitrogens is 3. The first-order valence-corrected chi connectivity index (χ1v) is 8.43. The fourth-order valence-electron chi connectivity index (χ4n) is 2.30. The van der Waals surface area contributed by atoms with E-state index < -0.39 is 5.25 Å². The first-order chi connectivity index (χ1) is 11.5. The number of Topliss-reactive ketones (excluding diaryl/α,β-unsaturated/α-hetero) is 1. The molecule has 1 aromatic heterocycles. The molecule has 3 rings (SSSR count). The minimum atomic E-state index is -0.427. The Morgan fingerprint density at radius 1 is 1.04 bits per heavy atom. The maximum Gasteiger partial charge on any atom is 0.216 e. The monoisotopic (exact) mass is 338 g/mol. The second kappa shape index (κ2) is 6.88. The van der Waals surface area contributed by atoms with Crippen LogP contribution in [-0.4, -0.2) is 21.0 Å². The first-order valence-electron chi connectivity index (χ1n) is 7.55. The molecule has 122 valence electrons. The van der Waals surface area contributed by atoms with Crippen LogP contribution < -0.4 is 5.73 Å². The van der Waals surface area contributed by atoms with Crippen LogP contribution in [0.1, 0.15) is 32.3 Å². The summed E-state index contributed by atoms with van der Waals surface area (Å²) in [4.78, 5) is 17.1. The molecule has 0 fully saturated rings. The number of nitrogens with one attached hydrogen (secondary N) is 1. The van der Waals surface area contributed by atoms with Gasteiger partial charge in [0.05, 0.1) is 0 Å². The van der Waals surface area contributed by atoms with Crippen molar-refractivity contribution in [2.24, 2.45) is 0 Å². The summed E-state index contributed by atoms with van der Waals surface area (Å²) in [6.07, 6.45) is 0. The highest BCUT2D eigenvalue weighted by Crippen LogP contribution is 2.36. The predicted octanol–water partition coefficient (Wildman–Crippen LogP) is 3.72. The second-order valence-corrected chi connectivity index (χ2v) is 6.71. The Morgan fingerprint density at radius 3 is 2.17 bits per heavy atom. The Balaban J connectivity index is 1.95. The van der Waals surface area contributed by atoms with E-state index in [9.17, 15) is 4.79 Å². The van der Waals surface area contributed by atoms with E-state index in [-0.39, 0.29) is 11.7 Å². The summed E-state index contributed by atoms with van der Waals surface area (Å²) >= 11 is 1.29. The molecule has 0 aliphatic rings. The third kappa shape index (κ3) is 3.65. The maximum absolute atomic E-state index is 13.0. The normalized spacial score (nSPS) is 12.1. The van der Waals surface area contributed by atoms with Crippen LogP contribution >= 0.6 is 11.8 Å². The lowest BCUT2D eigenvalue weighted by atomic mass is 10.0. The van der Waals surface area contributed by atoms with Gasteiger partial charge in [-0.15, -0.1) is 5.10 Å². The summed E-state index contributed by atoms with van der Waals surface area (Å²) < 4.78 is 0. The van der Waals surface area contributed by atoms with E-state index in [1.165, 1.54) is 11.8 Å².